The van der Waals surface area contributed by atoms with E-state index in [1.807, 2.05) is 75.2 Å². The van der Waals surface area contributed by atoms with Gasteiger partial charge in [-0.15, -0.1) is 0 Å². The first-order chi connectivity index (χ1) is 12.5. The zero-order valence-electron chi connectivity index (χ0n) is 16.0. The molecule has 0 unspecified atom stereocenters. The van der Waals surface area contributed by atoms with Gasteiger partial charge in [0, 0.05) is 12.2 Å². The van der Waals surface area contributed by atoms with Crippen molar-refractivity contribution in [2.24, 2.45) is 0 Å². The van der Waals surface area contributed by atoms with Crippen LogP contribution in [0.3, 0.4) is 0 Å². The standard InChI is InChI=1S/C21H28N2O3/c1-5-25-18-9-11-19(12-10-18)26-14-13-23(4)15-20(24)22-21-16(2)7-6-8-17(21)3/h6-12H,5,13-15H2,1-4H3,(H,22,24). The molecule has 2 aromatic rings. The van der Waals surface area contributed by atoms with Crippen molar-refractivity contribution < 1.29 is 14.3 Å². The third kappa shape index (κ3) is 6.08. The van der Waals surface area contributed by atoms with E-state index in [0.717, 1.165) is 28.3 Å². The van der Waals surface area contributed by atoms with Crippen LogP contribution in [0.5, 0.6) is 11.5 Å². The van der Waals surface area contributed by atoms with Crippen molar-refractivity contribution in [1.82, 2.24) is 4.90 Å². The van der Waals surface area contributed by atoms with Crippen LogP contribution in [0.25, 0.3) is 0 Å². The van der Waals surface area contributed by atoms with Gasteiger partial charge in [-0.05, 0) is 63.2 Å². The highest BCUT2D eigenvalue weighted by Gasteiger charge is 2.10. The first-order valence-corrected chi connectivity index (χ1v) is 8.90. The smallest absolute Gasteiger partial charge is 0.238 e. The fraction of sp³-hybridized carbons (Fsp3) is 0.381. The van der Waals surface area contributed by atoms with Crippen LogP contribution in [0.2, 0.25) is 0 Å². The van der Waals surface area contributed by atoms with Crippen molar-refractivity contribution in [3.8, 4) is 11.5 Å². The number of amides is 1. The van der Waals surface area contributed by atoms with Gasteiger partial charge >= 0.3 is 0 Å². The lowest BCUT2D eigenvalue weighted by Crippen LogP contribution is -2.33. The van der Waals surface area contributed by atoms with Crippen LogP contribution < -0.4 is 14.8 Å². The number of carbonyl (C=O) groups is 1. The molecule has 0 aromatic heterocycles. The van der Waals surface area contributed by atoms with E-state index in [1.165, 1.54) is 0 Å². The number of para-hydroxylation sites is 1. The first kappa shape index (κ1) is 19.8. The molecule has 0 saturated heterocycles. The Labute approximate surface area is 155 Å². The second-order valence-electron chi connectivity index (χ2n) is 6.31. The molecule has 2 aromatic carbocycles. The van der Waals surface area contributed by atoms with Crippen LogP contribution in [0.15, 0.2) is 42.5 Å². The predicted molar refractivity (Wildman–Crippen MR) is 105 cm³/mol. The molecular weight excluding hydrogens is 328 g/mol. The molecule has 5 heteroatoms. The number of hydrogen-bond acceptors (Lipinski definition) is 4. The quantitative estimate of drug-likeness (QED) is 0.745. The van der Waals surface area contributed by atoms with E-state index in [1.54, 1.807) is 0 Å². The number of aryl methyl sites for hydroxylation is 2. The van der Waals surface area contributed by atoms with Gasteiger partial charge < -0.3 is 14.8 Å². The fourth-order valence-corrected chi connectivity index (χ4v) is 2.63. The van der Waals surface area contributed by atoms with E-state index < -0.39 is 0 Å². The first-order valence-electron chi connectivity index (χ1n) is 8.90. The third-order valence-electron chi connectivity index (χ3n) is 4.04. The average Bonchev–Trinajstić information content (AvgIpc) is 2.60. The summed E-state index contributed by atoms with van der Waals surface area (Å²) in [6, 6.07) is 13.5. The summed E-state index contributed by atoms with van der Waals surface area (Å²) in [5.74, 6) is 1.60. The van der Waals surface area contributed by atoms with Crippen molar-refractivity contribution in [2.45, 2.75) is 20.8 Å². The molecule has 0 atom stereocenters. The SMILES string of the molecule is CCOc1ccc(OCCN(C)CC(=O)Nc2c(C)cccc2C)cc1. The van der Waals surface area contributed by atoms with Crippen LogP contribution in [0.1, 0.15) is 18.1 Å². The Balaban J connectivity index is 1.74. The Morgan fingerprint density at radius 3 is 2.15 bits per heavy atom. The van der Waals surface area contributed by atoms with Crippen molar-refractivity contribution >= 4 is 11.6 Å². The van der Waals surface area contributed by atoms with Crippen molar-refractivity contribution in [3.05, 3.63) is 53.6 Å². The van der Waals surface area contributed by atoms with E-state index in [-0.39, 0.29) is 5.91 Å². The van der Waals surface area contributed by atoms with E-state index in [0.29, 0.717) is 26.3 Å². The zero-order chi connectivity index (χ0) is 18.9. The molecule has 140 valence electrons. The third-order valence-corrected chi connectivity index (χ3v) is 4.04. The van der Waals surface area contributed by atoms with Gasteiger partial charge in [0.1, 0.15) is 18.1 Å². The number of ether oxygens (including phenoxy) is 2. The molecule has 0 fully saturated rings. The molecular formula is C21H28N2O3. The number of nitrogens with zero attached hydrogens (tertiary/aromatic N) is 1. The van der Waals surface area contributed by atoms with E-state index in [4.69, 9.17) is 9.47 Å². The number of likely N-dealkylation sites (N-methyl/N-ethyl adjacent to an activating group) is 1. The summed E-state index contributed by atoms with van der Waals surface area (Å²) >= 11 is 0. The molecule has 0 aliphatic carbocycles. The van der Waals surface area contributed by atoms with Crippen molar-refractivity contribution in [1.29, 1.82) is 0 Å². The minimum Gasteiger partial charge on any atom is -0.494 e. The lowest BCUT2D eigenvalue weighted by Gasteiger charge is -2.18. The van der Waals surface area contributed by atoms with Gasteiger partial charge in [-0.25, -0.2) is 0 Å². The molecule has 0 aliphatic rings. The Bertz CT molecular complexity index is 693. The van der Waals surface area contributed by atoms with Gasteiger partial charge in [0.25, 0.3) is 0 Å². The topological polar surface area (TPSA) is 50.8 Å². The maximum absolute atomic E-state index is 12.3. The molecule has 0 aliphatic heterocycles. The van der Waals surface area contributed by atoms with Crippen LogP contribution >= 0.6 is 0 Å². The molecule has 1 N–H and O–H groups in total. The Morgan fingerprint density at radius 1 is 1.00 bits per heavy atom. The molecule has 26 heavy (non-hydrogen) atoms. The van der Waals surface area contributed by atoms with Crippen molar-refractivity contribution in [2.75, 3.05) is 38.7 Å². The summed E-state index contributed by atoms with van der Waals surface area (Å²) in [6.45, 7) is 8.09. The van der Waals surface area contributed by atoms with E-state index >= 15 is 0 Å². The minimum absolute atomic E-state index is 0.0223. The molecule has 0 heterocycles. The average molecular weight is 356 g/mol. The predicted octanol–water partition coefficient (Wildman–Crippen LogP) is 3.65. The number of nitrogens with one attached hydrogen (secondary N) is 1. The second kappa shape index (κ2) is 9.82. The number of anilines is 1. The summed E-state index contributed by atoms with van der Waals surface area (Å²) in [5, 5.41) is 3.00. The maximum atomic E-state index is 12.3. The van der Waals surface area contributed by atoms with E-state index in [9.17, 15) is 4.79 Å². The van der Waals surface area contributed by atoms with Gasteiger partial charge in [-0.1, -0.05) is 18.2 Å². The summed E-state index contributed by atoms with van der Waals surface area (Å²) in [6.07, 6.45) is 0. The number of hydrogen-bond donors (Lipinski definition) is 1. The number of carbonyl (C=O) groups excluding carboxylic acids is 1. The van der Waals surface area contributed by atoms with Gasteiger partial charge in [0.2, 0.25) is 5.91 Å². The van der Waals surface area contributed by atoms with E-state index in [2.05, 4.69) is 5.32 Å². The number of rotatable bonds is 9. The molecule has 1 amide bonds. The van der Waals surface area contributed by atoms with Crippen LogP contribution in [0, 0.1) is 13.8 Å². The van der Waals surface area contributed by atoms with Gasteiger partial charge in [-0.2, -0.15) is 0 Å². The zero-order valence-corrected chi connectivity index (χ0v) is 16.0. The molecule has 0 bridgehead atoms. The molecule has 2 rings (SSSR count). The van der Waals surface area contributed by atoms with Crippen LogP contribution in [-0.2, 0) is 4.79 Å². The van der Waals surface area contributed by atoms with Crippen LogP contribution in [-0.4, -0.2) is 44.2 Å². The van der Waals surface area contributed by atoms with Gasteiger partial charge in [0.05, 0.1) is 13.2 Å². The molecule has 5 nitrogen and oxygen atoms in total. The molecule has 0 saturated carbocycles. The largest absolute Gasteiger partial charge is 0.494 e. The normalized spacial score (nSPS) is 10.7. The molecule has 0 radical (unpaired) electrons. The highest BCUT2D eigenvalue weighted by molar-refractivity contribution is 5.93. The lowest BCUT2D eigenvalue weighted by molar-refractivity contribution is -0.117. The molecule has 0 spiro atoms. The highest BCUT2D eigenvalue weighted by Crippen LogP contribution is 2.19. The van der Waals surface area contributed by atoms with Gasteiger partial charge in [0.15, 0.2) is 0 Å². The number of benzene rings is 2. The van der Waals surface area contributed by atoms with Crippen LogP contribution in [0.4, 0.5) is 5.69 Å². The monoisotopic (exact) mass is 356 g/mol. The minimum atomic E-state index is -0.0223. The summed E-state index contributed by atoms with van der Waals surface area (Å²) < 4.78 is 11.1. The Morgan fingerprint density at radius 2 is 1.58 bits per heavy atom. The van der Waals surface area contributed by atoms with Crippen molar-refractivity contribution in [3.63, 3.8) is 0 Å². The summed E-state index contributed by atoms with van der Waals surface area (Å²) in [7, 11) is 1.91. The maximum Gasteiger partial charge on any atom is 0.238 e. The Kier molecular flexibility index (Phi) is 7.48. The highest BCUT2D eigenvalue weighted by atomic mass is 16.5. The Hall–Kier alpha value is -2.53. The van der Waals surface area contributed by atoms with Gasteiger partial charge in [-0.3, -0.25) is 9.69 Å². The lowest BCUT2D eigenvalue weighted by atomic mass is 10.1. The summed E-state index contributed by atoms with van der Waals surface area (Å²) in [5.41, 5.74) is 3.04. The second-order valence-corrected chi connectivity index (χ2v) is 6.31. The fourth-order valence-electron chi connectivity index (χ4n) is 2.63. The summed E-state index contributed by atoms with van der Waals surface area (Å²) in [4.78, 5) is 14.2.